The Kier molecular flexibility index (Phi) is 7.46. The standard InChI is InChI=1S/C31H21.2ClH.Ti/c1-3-11-22(12-4-1)30(23-13-5-2-6-14-23)28-20-19-27-26-18-10-9-17-25(26)21-29(27)31(28)24-15-7-8-16-24;;;/h1-15,17-20H,16H2;2*1H;/q;;;+2/p-2. The molecule has 2 aliphatic rings. The Bertz CT molecular complexity index is 1590. The summed E-state index contributed by atoms with van der Waals surface area (Å²) in [5, 5.41) is 5.36. The Morgan fingerprint density at radius 2 is 1.18 bits per heavy atom. The molecule has 3 heteroatoms. The van der Waals surface area contributed by atoms with E-state index < -0.39 is 0 Å². The van der Waals surface area contributed by atoms with Gasteiger partial charge < -0.3 is 24.8 Å². The Hall–Kier alpha value is -2.61. The van der Waals surface area contributed by atoms with Crippen molar-refractivity contribution in [1.82, 2.24) is 0 Å². The molecule has 6 rings (SSSR count). The predicted octanol–water partition coefficient (Wildman–Crippen LogP) is -0.411. The zero-order valence-electron chi connectivity index (χ0n) is 18.4. The number of allylic oxidation sites excluding steroid dienone is 4. The van der Waals surface area contributed by atoms with E-state index in [-0.39, 0.29) is 24.8 Å². The monoisotopic (exact) mass is 511 g/mol. The average molecular weight is 512 g/mol. The fourth-order valence-corrected chi connectivity index (χ4v) is 5.77. The number of halogens is 2. The fraction of sp³-hybridized carbons (Fsp3) is 0.0323. The molecule has 0 aliphatic heterocycles. The van der Waals surface area contributed by atoms with Crippen LogP contribution in [0.1, 0.15) is 28.7 Å². The Balaban J connectivity index is 0.00000137. The first-order valence-corrected chi connectivity index (χ1v) is 11.8. The summed E-state index contributed by atoms with van der Waals surface area (Å²) >= 11 is 2.28. The first-order valence-electron chi connectivity index (χ1n) is 11.0. The van der Waals surface area contributed by atoms with Gasteiger partial charge in [0, 0.05) is 0 Å². The van der Waals surface area contributed by atoms with Crippen molar-refractivity contribution in [2.75, 3.05) is 0 Å². The summed E-state index contributed by atoms with van der Waals surface area (Å²) in [6.45, 7) is 0. The fourth-order valence-electron chi connectivity index (χ4n) is 5.02. The summed E-state index contributed by atoms with van der Waals surface area (Å²) in [7, 11) is 0. The Labute approximate surface area is 224 Å². The molecule has 0 N–H and O–H groups in total. The SMILES string of the molecule is [Cl-].[Cl-].[Ti+2][C]1=c2ccccc2=c2ccc(=C(c3ccccc3)c3ccccc3)c(C3=CC=CC3)c21. The third-order valence-electron chi connectivity index (χ3n) is 6.43. The van der Waals surface area contributed by atoms with E-state index in [0.29, 0.717) is 0 Å². The van der Waals surface area contributed by atoms with Gasteiger partial charge in [-0.25, -0.2) is 0 Å². The van der Waals surface area contributed by atoms with Crippen LogP contribution in [0.3, 0.4) is 0 Å². The molecule has 0 radical (unpaired) electrons. The van der Waals surface area contributed by atoms with Gasteiger partial charge >= 0.3 is 200 Å². The summed E-state index contributed by atoms with van der Waals surface area (Å²) in [4.78, 5) is 0. The van der Waals surface area contributed by atoms with Gasteiger partial charge in [0.2, 0.25) is 0 Å². The van der Waals surface area contributed by atoms with E-state index in [1.165, 1.54) is 58.2 Å². The number of fused-ring (bicyclic) bond motifs is 2. The van der Waals surface area contributed by atoms with Crippen LogP contribution in [0, 0.1) is 10.4 Å². The first kappa shape index (κ1) is 24.5. The van der Waals surface area contributed by atoms with Crippen molar-refractivity contribution in [1.29, 1.82) is 0 Å². The minimum atomic E-state index is 0. The van der Waals surface area contributed by atoms with Crippen molar-refractivity contribution in [3.63, 3.8) is 0 Å². The van der Waals surface area contributed by atoms with Crippen LogP contribution in [0.4, 0.5) is 0 Å². The molecule has 0 spiro atoms. The molecular weight excluding hydrogens is 491 g/mol. The van der Waals surface area contributed by atoms with Crippen molar-refractivity contribution >= 4 is 15.0 Å². The number of rotatable bonds is 3. The zero-order chi connectivity index (χ0) is 21.5. The third-order valence-corrected chi connectivity index (χ3v) is 7.24. The van der Waals surface area contributed by atoms with Gasteiger partial charge in [0.05, 0.1) is 0 Å². The van der Waals surface area contributed by atoms with Crippen molar-refractivity contribution in [3.05, 3.63) is 158 Å². The second kappa shape index (κ2) is 10.3. The zero-order valence-corrected chi connectivity index (χ0v) is 21.5. The molecule has 4 aromatic rings. The molecule has 0 heterocycles. The van der Waals surface area contributed by atoms with Gasteiger partial charge in [-0.3, -0.25) is 0 Å². The van der Waals surface area contributed by atoms with Gasteiger partial charge in [0.25, 0.3) is 0 Å². The molecule has 2 aliphatic carbocycles. The molecule has 0 nitrogen and oxygen atoms in total. The molecule has 0 aromatic heterocycles. The summed E-state index contributed by atoms with van der Waals surface area (Å²) in [6.07, 6.45) is 7.73. The maximum atomic E-state index is 2.35. The van der Waals surface area contributed by atoms with Crippen LogP contribution >= 0.6 is 0 Å². The van der Waals surface area contributed by atoms with Crippen molar-refractivity contribution in [2.24, 2.45) is 0 Å². The number of benzene rings is 4. The summed E-state index contributed by atoms with van der Waals surface area (Å²) in [5.41, 5.74) is 7.96. The molecule has 0 fully saturated rings. The van der Waals surface area contributed by atoms with Crippen LogP contribution in [-0.2, 0) is 20.4 Å². The molecule has 0 amide bonds. The summed E-state index contributed by atoms with van der Waals surface area (Å²) in [5.74, 6) is 0. The Morgan fingerprint density at radius 1 is 0.588 bits per heavy atom. The van der Waals surface area contributed by atoms with Gasteiger partial charge in [-0.1, -0.05) is 0 Å². The quantitative estimate of drug-likeness (QED) is 0.328. The second-order valence-electron chi connectivity index (χ2n) is 8.26. The van der Waals surface area contributed by atoms with E-state index in [4.69, 9.17) is 0 Å². The van der Waals surface area contributed by atoms with E-state index in [1.54, 1.807) is 0 Å². The van der Waals surface area contributed by atoms with E-state index in [9.17, 15) is 0 Å². The number of hydrogen-bond donors (Lipinski definition) is 0. The van der Waals surface area contributed by atoms with E-state index in [2.05, 4.69) is 136 Å². The minimum absolute atomic E-state index is 0. The molecule has 0 atom stereocenters. The van der Waals surface area contributed by atoms with Crippen LogP contribution in [0.25, 0.3) is 15.0 Å². The van der Waals surface area contributed by atoms with Gasteiger partial charge in [-0.15, -0.1) is 0 Å². The summed E-state index contributed by atoms with van der Waals surface area (Å²) < 4.78 is 1.38. The molecule has 0 saturated heterocycles. The van der Waals surface area contributed by atoms with Crippen molar-refractivity contribution < 1.29 is 45.2 Å². The van der Waals surface area contributed by atoms with Crippen LogP contribution in [0.2, 0.25) is 0 Å². The normalized spacial score (nSPS) is 12.9. The number of hydrogen-bond acceptors (Lipinski definition) is 0. The van der Waals surface area contributed by atoms with E-state index in [0.717, 1.165) is 6.42 Å². The van der Waals surface area contributed by atoms with Crippen molar-refractivity contribution in [3.8, 4) is 0 Å². The van der Waals surface area contributed by atoms with Crippen LogP contribution in [0.5, 0.6) is 0 Å². The second-order valence-corrected chi connectivity index (χ2v) is 9.04. The van der Waals surface area contributed by atoms with Crippen LogP contribution in [-0.4, -0.2) is 0 Å². The molecule has 0 unspecified atom stereocenters. The molecular formula is C31H21Cl2Ti. The molecule has 4 aromatic carbocycles. The van der Waals surface area contributed by atoms with Gasteiger partial charge in [0.15, 0.2) is 0 Å². The molecule has 163 valence electrons. The maximum absolute atomic E-state index is 2.35. The first-order chi connectivity index (χ1) is 15.8. The third kappa shape index (κ3) is 4.06. The Morgan fingerprint density at radius 3 is 1.76 bits per heavy atom. The summed E-state index contributed by atoms with van der Waals surface area (Å²) in [6, 6.07) is 35.1. The molecule has 34 heavy (non-hydrogen) atoms. The predicted molar refractivity (Wildman–Crippen MR) is 129 cm³/mol. The molecule has 0 bridgehead atoms. The van der Waals surface area contributed by atoms with Gasteiger partial charge in [-0.2, -0.15) is 0 Å². The van der Waals surface area contributed by atoms with Gasteiger partial charge in [-0.05, 0) is 0 Å². The van der Waals surface area contributed by atoms with Crippen LogP contribution < -0.4 is 35.3 Å². The topological polar surface area (TPSA) is 0 Å². The van der Waals surface area contributed by atoms with E-state index >= 15 is 0 Å². The average Bonchev–Trinajstić information content (AvgIpc) is 3.48. The molecule has 0 saturated carbocycles. The van der Waals surface area contributed by atoms with Crippen molar-refractivity contribution in [2.45, 2.75) is 6.42 Å². The van der Waals surface area contributed by atoms with Gasteiger partial charge in [0.1, 0.15) is 0 Å². The van der Waals surface area contributed by atoms with Crippen LogP contribution in [0.15, 0.2) is 115 Å². The van der Waals surface area contributed by atoms with E-state index in [1.807, 2.05) is 0 Å².